The number of ether oxygens (including phenoxy) is 1. The number of amides is 3. The minimum absolute atomic E-state index is 0.000554. The first-order valence-electron chi connectivity index (χ1n) is 11.1. The third-order valence-corrected chi connectivity index (χ3v) is 6.53. The molecule has 2 unspecified atom stereocenters. The molecule has 7 heteroatoms. The molecule has 7 nitrogen and oxygen atoms in total. The van der Waals surface area contributed by atoms with Gasteiger partial charge in [0.05, 0.1) is 12.0 Å². The van der Waals surface area contributed by atoms with E-state index in [4.69, 9.17) is 4.74 Å². The van der Waals surface area contributed by atoms with Crippen molar-refractivity contribution in [1.82, 2.24) is 10.2 Å². The number of nitrogens with one attached hydrogen (secondary N) is 1. The van der Waals surface area contributed by atoms with Crippen LogP contribution in [-0.4, -0.2) is 61.5 Å². The quantitative estimate of drug-likeness (QED) is 0.800. The number of nitrogens with zero attached hydrogens (tertiary/aromatic N) is 2. The van der Waals surface area contributed by atoms with E-state index < -0.39 is 0 Å². The molecule has 3 aliphatic rings. The summed E-state index contributed by atoms with van der Waals surface area (Å²) in [6.07, 6.45) is 3.82. The monoisotopic (exact) mass is 413 g/mol. The Kier molecular flexibility index (Phi) is 6.37. The Hall–Kier alpha value is -2.41. The summed E-state index contributed by atoms with van der Waals surface area (Å²) in [6, 6.07) is 7.82. The maximum absolute atomic E-state index is 13.0. The largest absolute Gasteiger partial charge is 0.376 e. The molecule has 0 radical (unpaired) electrons. The van der Waals surface area contributed by atoms with Crippen LogP contribution in [0.3, 0.4) is 0 Å². The standard InChI is InChI=1S/C23H31N3O4/c1-16-4-6-19(7-5-16)26-15-18(13-21(26)27)23(29)25-10-8-17(9-11-25)22(28)24-14-20-3-2-12-30-20/h4-7,17-18,20H,2-3,8-15H2,1H3,(H,24,28). The number of benzene rings is 1. The second-order valence-corrected chi connectivity index (χ2v) is 8.72. The van der Waals surface area contributed by atoms with Gasteiger partial charge in [-0.1, -0.05) is 17.7 Å². The number of piperidine rings is 1. The van der Waals surface area contributed by atoms with Crippen LogP contribution in [-0.2, 0) is 19.1 Å². The first-order valence-corrected chi connectivity index (χ1v) is 11.1. The number of carbonyl (C=O) groups excluding carboxylic acids is 3. The van der Waals surface area contributed by atoms with Gasteiger partial charge in [0.1, 0.15) is 0 Å². The van der Waals surface area contributed by atoms with Crippen LogP contribution in [0, 0.1) is 18.8 Å². The van der Waals surface area contributed by atoms with E-state index in [-0.39, 0.29) is 42.1 Å². The average Bonchev–Trinajstić information content (AvgIpc) is 3.42. The van der Waals surface area contributed by atoms with Crippen molar-refractivity contribution < 1.29 is 19.1 Å². The highest BCUT2D eigenvalue weighted by molar-refractivity contribution is 6.00. The van der Waals surface area contributed by atoms with E-state index in [0.717, 1.165) is 30.7 Å². The lowest BCUT2D eigenvalue weighted by Crippen LogP contribution is -2.46. The zero-order valence-electron chi connectivity index (χ0n) is 17.6. The van der Waals surface area contributed by atoms with Gasteiger partial charge in [-0.25, -0.2) is 0 Å². The molecule has 30 heavy (non-hydrogen) atoms. The van der Waals surface area contributed by atoms with E-state index in [1.54, 1.807) is 4.90 Å². The van der Waals surface area contributed by atoms with Crippen LogP contribution in [0.2, 0.25) is 0 Å². The highest BCUT2D eigenvalue weighted by atomic mass is 16.5. The van der Waals surface area contributed by atoms with Crippen LogP contribution in [0.15, 0.2) is 24.3 Å². The summed E-state index contributed by atoms with van der Waals surface area (Å²) < 4.78 is 5.55. The van der Waals surface area contributed by atoms with Crippen molar-refractivity contribution in [2.45, 2.75) is 45.1 Å². The summed E-state index contributed by atoms with van der Waals surface area (Å²) in [5, 5.41) is 3.01. The van der Waals surface area contributed by atoms with E-state index >= 15 is 0 Å². The van der Waals surface area contributed by atoms with Crippen LogP contribution in [0.4, 0.5) is 5.69 Å². The zero-order valence-corrected chi connectivity index (χ0v) is 17.6. The Balaban J connectivity index is 1.25. The van der Waals surface area contributed by atoms with Crippen LogP contribution in [0.1, 0.15) is 37.7 Å². The van der Waals surface area contributed by atoms with Crippen molar-refractivity contribution in [3.63, 3.8) is 0 Å². The molecule has 0 saturated carbocycles. The van der Waals surface area contributed by atoms with Gasteiger partial charge in [-0.05, 0) is 44.7 Å². The molecule has 3 fully saturated rings. The summed E-state index contributed by atoms with van der Waals surface area (Å²) in [4.78, 5) is 41.4. The lowest BCUT2D eigenvalue weighted by molar-refractivity contribution is -0.139. The summed E-state index contributed by atoms with van der Waals surface area (Å²) in [5.41, 5.74) is 1.99. The maximum Gasteiger partial charge on any atom is 0.228 e. The molecule has 0 spiro atoms. The molecule has 1 aromatic rings. The number of hydrogen-bond acceptors (Lipinski definition) is 4. The fourth-order valence-electron chi connectivity index (χ4n) is 4.63. The first-order chi connectivity index (χ1) is 14.5. The second kappa shape index (κ2) is 9.16. The van der Waals surface area contributed by atoms with Gasteiger partial charge in [-0.2, -0.15) is 0 Å². The highest BCUT2D eigenvalue weighted by Gasteiger charge is 2.38. The number of hydrogen-bond donors (Lipinski definition) is 1. The molecule has 2 atom stereocenters. The topological polar surface area (TPSA) is 79.0 Å². The van der Waals surface area contributed by atoms with Crippen molar-refractivity contribution >= 4 is 23.4 Å². The third kappa shape index (κ3) is 4.67. The minimum atomic E-state index is -0.302. The van der Waals surface area contributed by atoms with Crippen LogP contribution < -0.4 is 10.2 Å². The van der Waals surface area contributed by atoms with E-state index in [1.807, 2.05) is 36.1 Å². The number of anilines is 1. The van der Waals surface area contributed by atoms with Crippen molar-refractivity contribution in [1.29, 1.82) is 0 Å². The molecule has 4 rings (SSSR count). The van der Waals surface area contributed by atoms with Gasteiger partial charge in [0.15, 0.2) is 0 Å². The van der Waals surface area contributed by atoms with Gasteiger partial charge in [0, 0.05) is 50.8 Å². The zero-order chi connectivity index (χ0) is 21.1. The fourth-order valence-corrected chi connectivity index (χ4v) is 4.63. The Morgan fingerprint density at radius 3 is 2.50 bits per heavy atom. The highest BCUT2D eigenvalue weighted by Crippen LogP contribution is 2.28. The molecule has 0 aliphatic carbocycles. The summed E-state index contributed by atoms with van der Waals surface area (Å²) >= 11 is 0. The molecule has 3 aliphatic heterocycles. The predicted molar refractivity (Wildman–Crippen MR) is 113 cm³/mol. The molecule has 0 bridgehead atoms. The van der Waals surface area contributed by atoms with Gasteiger partial charge in [-0.3, -0.25) is 14.4 Å². The maximum atomic E-state index is 13.0. The summed E-state index contributed by atoms with van der Waals surface area (Å²) in [7, 11) is 0. The first kappa shape index (κ1) is 20.8. The molecule has 162 valence electrons. The number of aryl methyl sites for hydroxylation is 1. The van der Waals surface area contributed by atoms with E-state index in [0.29, 0.717) is 39.0 Å². The molecule has 3 saturated heterocycles. The van der Waals surface area contributed by atoms with Crippen LogP contribution in [0.5, 0.6) is 0 Å². The minimum Gasteiger partial charge on any atom is -0.376 e. The predicted octanol–water partition coefficient (Wildman–Crippen LogP) is 1.88. The van der Waals surface area contributed by atoms with Crippen LogP contribution in [0.25, 0.3) is 0 Å². The molecular formula is C23H31N3O4. The van der Waals surface area contributed by atoms with Gasteiger partial charge in [-0.15, -0.1) is 0 Å². The van der Waals surface area contributed by atoms with Crippen molar-refractivity contribution in [2.24, 2.45) is 11.8 Å². The van der Waals surface area contributed by atoms with E-state index in [9.17, 15) is 14.4 Å². The number of rotatable bonds is 5. The number of carbonyl (C=O) groups is 3. The molecule has 3 heterocycles. The van der Waals surface area contributed by atoms with Crippen molar-refractivity contribution in [3.8, 4) is 0 Å². The summed E-state index contributed by atoms with van der Waals surface area (Å²) in [6.45, 7) is 4.96. The molecule has 0 aromatic heterocycles. The lowest BCUT2D eigenvalue weighted by Gasteiger charge is -2.33. The van der Waals surface area contributed by atoms with Gasteiger partial charge in [0.25, 0.3) is 0 Å². The molecule has 1 N–H and O–H groups in total. The Labute approximate surface area is 177 Å². The van der Waals surface area contributed by atoms with Crippen molar-refractivity contribution in [3.05, 3.63) is 29.8 Å². The van der Waals surface area contributed by atoms with Crippen LogP contribution >= 0.6 is 0 Å². The molecule has 3 amide bonds. The number of likely N-dealkylation sites (tertiary alicyclic amines) is 1. The lowest BCUT2D eigenvalue weighted by atomic mass is 9.94. The smallest absolute Gasteiger partial charge is 0.228 e. The fraction of sp³-hybridized carbons (Fsp3) is 0.609. The average molecular weight is 414 g/mol. The molecule has 1 aromatic carbocycles. The second-order valence-electron chi connectivity index (χ2n) is 8.72. The van der Waals surface area contributed by atoms with Gasteiger partial charge < -0.3 is 19.9 Å². The Bertz CT molecular complexity index is 780. The van der Waals surface area contributed by atoms with Crippen molar-refractivity contribution in [2.75, 3.05) is 37.7 Å². The Morgan fingerprint density at radius 2 is 1.83 bits per heavy atom. The normalized spacial score (nSPS) is 25.0. The van der Waals surface area contributed by atoms with Gasteiger partial charge in [0.2, 0.25) is 17.7 Å². The van der Waals surface area contributed by atoms with Gasteiger partial charge >= 0.3 is 0 Å². The SMILES string of the molecule is Cc1ccc(N2CC(C(=O)N3CCC(C(=O)NCC4CCCO4)CC3)CC2=O)cc1. The summed E-state index contributed by atoms with van der Waals surface area (Å²) in [5.74, 6) is -0.246. The Morgan fingerprint density at radius 1 is 1.10 bits per heavy atom. The molecular weight excluding hydrogens is 382 g/mol. The third-order valence-electron chi connectivity index (χ3n) is 6.53. The van der Waals surface area contributed by atoms with E-state index in [2.05, 4.69) is 5.32 Å². The van der Waals surface area contributed by atoms with E-state index in [1.165, 1.54) is 0 Å².